The first-order chi connectivity index (χ1) is 9.12. The molecule has 0 saturated heterocycles. The maximum Gasteiger partial charge on any atom is 0.406 e. The van der Waals surface area contributed by atoms with Crippen LogP contribution in [0, 0.1) is 0 Å². The van der Waals surface area contributed by atoms with Crippen LogP contribution in [0.3, 0.4) is 0 Å². The molecule has 0 aromatic heterocycles. The van der Waals surface area contributed by atoms with E-state index in [4.69, 9.17) is 4.43 Å². The van der Waals surface area contributed by atoms with E-state index in [2.05, 4.69) is 43.9 Å². The van der Waals surface area contributed by atoms with Gasteiger partial charge in [-0.25, -0.2) is 4.79 Å². The van der Waals surface area contributed by atoms with Gasteiger partial charge in [0.1, 0.15) is 0 Å². The van der Waals surface area contributed by atoms with Crippen molar-refractivity contribution in [3.05, 3.63) is 0 Å². The number of methoxy groups -OCH3 is 1. The fourth-order valence-corrected chi connectivity index (χ4v) is 4.18. The lowest BCUT2D eigenvalue weighted by atomic mass is 9.85. The van der Waals surface area contributed by atoms with Gasteiger partial charge in [-0.15, -0.1) is 0 Å². The molecule has 1 N–H and O–H groups in total. The van der Waals surface area contributed by atoms with Crippen LogP contribution in [0.25, 0.3) is 0 Å². The number of alkyl carbamates (subject to hydrolysis) is 1. The van der Waals surface area contributed by atoms with Crippen LogP contribution in [0.15, 0.2) is 0 Å². The van der Waals surface area contributed by atoms with Crippen LogP contribution in [-0.2, 0) is 9.16 Å². The molecule has 0 aromatic rings. The molecule has 0 unspecified atom stereocenters. The van der Waals surface area contributed by atoms with E-state index in [9.17, 15) is 4.79 Å². The Hall–Kier alpha value is -0.553. The summed E-state index contributed by atoms with van der Waals surface area (Å²) in [5, 5.41) is 3.04. The molecule has 4 nitrogen and oxygen atoms in total. The first-order valence-corrected chi connectivity index (χ1v) is 10.5. The van der Waals surface area contributed by atoms with Crippen LogP contribution in [0.4, 0.5) is 4.79 Å². The lowest BCUT2D eigenvalue weighted by molar-refractivity contribution is 0.0169. The van der Waals surface area contributed by atoms with Crippen molar-refractivity contribution >= 4 is 14.4 Å². The molecule has 0 heterocycles. The highest BCUT2D eigenvalue weighted by Crippen LogP contribution is 2.42. The van der Waals surface area contributed by atoms with Gasteiger partial charge in [-0.1, -0.05) is 40.0 Å². The second kappa shape index (κ2) is 6.48. The summed E-state index contributed by atoms with van der Waals surface area (Å²) in [6.45, 7) is 11.9. The molecule has 0 aliphatic heterocycles. The number of carbonyl (C=O) groups is 1. The van der Waals surface area contributed by atoms with Crippen LogP contribution in [-0.4, -0.2) is 33.7 Å². The van der Waals surface area contributed by atoms with E-state index in [0.717, 1.165) is 12.8 Å². The topological polar surface area (TPSA) is 47.6 Å². The van der Waals surface area contributed by atoms with Crippen molar-refractivity contribution in [1.29, 1.82) is 0 Å². The Balaban J connectivity index is 2.80. The number of carbonyl (C=O) groups excluding carboxylic acids is 1. The molecule has 1 saturated carbocycles. The largest absolute Gasteiger partial charge is 0.453 e. The average Bonchev–Trinajstić information content (AvgIpc) is 2.35. The standard InChI is InChI=1S/C15H31NO3Si/c1-14(2,3)20(5,6)19-15(10-8-7-9-11-15)12-16-13(17)18-4/h7-12H2,1-6H3,(H,16,17). The zero-order valence-electron chi connectivity index (χ0n) is 14.0. The van der Waals surface area contributed by atoms with E-state index < -0.39 is 8.32 Å². The van der Waals surface area contributed by atoms with Gasteiger partial charge in [-0.3, -0.25) is 0 Å². The highest BCUT2D eigenvalue weighted by Gasteiger charge is 2.45. The first kappa shape index (κ1) is 17.5. The van der Waals surface area contributed by atoms with Crippen molar-refractivity contribution in [2.45, 2.75) is 76.6 Å². The third-order valence-corrected chi connectivity index (χ3v) is 9.34. The number of hydrogen-bond donors (Lipinski definition) is 1. The van der Waals surface area contributed by atoms with Gasteiger partial charge in [0.05, 0.1) is 12.7 Å². The number of ether oxygens (including phenoxy) is 1. The molecule has 0 atom stereocenters. The van der Waals surface area contributed by atoms with Crippen LogP contribution in [0.2, 0.25) is 18.1 Å². The molecule has 0 bridgehead atoms. The Labute approximate surface area is 124 Å². The minimum atomic E-state index is -1.84. The number of nitrogens with one attached hydrogen (secondary N) is 1. The highest BCUT2D eigenvalue weighted by molar-refractivity contribution is 6.74. The molecule has 20 heavy (non-hydrogen) atoms. The van der Waals surface area contributed by atoms with Gasteiger partial charge in [0, 0.05) is 6.54 Å². The van der Waals surface area contributed by atoms with Gasteiger partial charge >= 0.3 is 6.09 Å². The molecule has 1 amide bonds. The van der Waals surface area contributed by atoms with E-state index in [-0.39, 0.29) is 16.7 Å². The van der Waals surface area contributed by atoms with E-state index in [1.165, 1.54) is 26.4 Å². The monoisotopic (exact) mass is 301 g/mol. The van der Waals surface area contributed by atoms with Crippen LogP contribution in [0.5, 0.6) is 0 Å². The Morgan fingerprint density at radius 3 is 2.20 bits per heavy atom. The molecule has 1 rings (SSSR count). The fraction of sp³-hybridized carbons (Fsp3) is 0.933. The van der Waals surface area contributed by atoms with Gasteiger partial charge in [-0.2, -0.15) is 0 Å². The van der Waals surface area contributed by atoms with E-state index in [0.29, 0.717) is 6.54 Å². The van der Waals surface area contributed by atoms with Crippen molar-refractivity contribution < 1.29 is 14.0 Å². The minimum absolute atomic E-state index is 0.183. The van der Waals surface area contributed by atoms with Crippen molar-refractivity contribution in [2.75, 3.05) is 13.7 Å². The van der Waals surface area contributed by atoms with Crippen molar-refractivity contribution in [1.82, 2.24) is 5.32 Å². The molecular weight excluding hydrogens is 270 g/mol. The average molecular weight is 302 g/mol. The zero-order valence-corrected chi connectivity index (χ0v) is 15.0. The number of amides is 1. The normalized spacial score (nSPS) is 19.5. The summed E-state index contributed by atoms with van der Waals surface area (Å²) >= 11 is 0. The van der Waals surface area contributed by atoms with Gasteiger partial charge in [-0.05, 0) is 31.0 Å². The van der Waals surface area contributed by atoms with Gasteiger partial charge in [0.15, 0.2) is 8.32 Å². The molecule has 0 spiro atoms. The van der Waals surface area contributed by atoms with Crippen LogP contribution >= 0.6 is 0 Å². The maximum atomic E-state index is 11.4. The Morgan fingerprint density at radius 2 is 1.75 bits per heavy atom. The zero-order chi connectivity index (χ0) is 15.4. The summed E-state index contributed by atoms with van der Waals surface area (Å²) in [6, 6.07) is 0. The molecule has 1 aliphatic rings. The summed E-state index contributed by atoms with van der Waals surface area (Å²) in [4.78, 5) is 11.4. The summed E-state index contributed by atoms with van der Waals surface area (Å²) in [7, 11) is -0.439. The predicted molar refractivity (Wildman–Crippen MR) is 84.5 cm³/mol. The summed E-state index contributed by atoms with van der Waals surface area (Å²) in [5.74, 6) is 0. The SMILES string of the molecule is COC(=O)NCC1(O[Si](C)(C)C(C)(C)C)CCCCC1. The smallest absolute Gasteiger partial charge is 0.406 e. The Bertz CT molecular complexity index is 331. The highest BCUT2D eigenvalue weighted by atomic mass is 28.4. The molecule has 0 radical (unpaired) electrons. The third-order valence-electron chi connectivity index (χ3n) is 4.78. The first-order valence-electron chi connectivity index (χ1n) is 7.64. The molecule has 118 valence electrons. The number of hydrogen-bond acceptors (Lipinski definition) is 3. The Morgan fingerprint density at radius 1 is 1.20 bits per heavy atom. The lowest BCUT2D eigenvalue weighted by Gasteiger charge is -2.47. The second-order valence-electron chi connectivity index (χ2n) is 7.45. The van der Waals surface area contributed by atoms with Gasteiger partial charge < -0.3 is 14.5 Å². The third kappa shape index (κ3) is 4.48. The fourth-order valence-electron chi connectivity index (χ4n) is 2.51. The van der Waals surface area contributed by atoms with Gasteiger partial charge in [0.25, 0.3) is 0 Å². The molecule has 5 heteroatoms. The van der Waals surface area contributed by atoms with Crippen molar-refractivity contribution in [3.63, 3.8) is 0 Å². The molecule has 1 aliphatic carbocycles. The molecule has 0 aromatic carbocycles. The second-order valence-corrected chi connectivity index (χ2v) is 12.2. The summed E-state index contributed by atoms with van der Waals surface area (Å²) in [6.07, 6.45) is 5.32. The Kier molecular flexibility index (Phi) is 5.67. The maximum absolute atomic E-state index is 11.4. The van der Waals surface area contributed by atoms with E-state index in [1.807, 2.05) is 0 Å². The lowest BCUT2D eigenvalue weighted by Crippen LogP contribution is -2.55. The van der Waals surface area contributed by atoms with Crippen LogP contribution < -0.4 is 5.32 Å². The minimum Gasteiger partial charge on any atom is -0.453 e. The van der Waals surface area contributed by atoms with E-state index in [1.54, 1.807) is 0 Å². The molecule has 1 fully saturated rings. The summed E-state index contributed by atoms with van der Waals surface area (Å²) in [5.41, 5.74) is -0.199. The van der Waals surface area contributed by atoms with Crippen LogP contribution in [0.1, 0.15) is 52.9 Å². The van der Waals surface area contributed by atoms with Crippen molar-refractivity contribution in [3.8, 4) is 0 Å². The predicted octanol–water partition coefficient (Wildman–Crippen LogP) is 4.07. The molecular formula is C15H31NO3Si. The van der Waals surface area contributed by atoms with Crippen molar-refractivity contribution in [2.24, 2.45) is 0 Å². The quantitative estimate of drug-likeness (QED) is 0.796. The number of rotatable bonds is 4. The van der Waals surface area contributed by atoms with E-state index >= 15 is 0 Å². The summed E-state index contributed by atoms with van der Waals surface area (Å²) < 4.78 is 11.4. The van der Waals surface area contributed by atoms with Gasteiger partial charge in [0.2, 0.25) is 0 Å².